The van der Waals surface area contributed by atoms with Gasteiger partial charge in [0.2, 0.25) is 0 Å². The molecule has 0 saturated heterocycles. The van der Waals surface area contributed by atoms with Crippen LogP contribution >= 0.6 is 15.9 Å². The molecule has 0 fully saturated rings. The number of oxazole rings is 1. The summed E-state index contributed by atoms with van der Waals surface area (Å²) >= 11 is 3.50. The first-order valence-corrected chi connectivity index (χ1v) is 6.97. The average molecular weight is 321 g/mol. The molecule has 0 saturated carbocycles. The standard InChI is InChI=1S/C14H13BrN2O2/c1-8-13(16-7-19-8)14(18)17-12-6-10-4-2-3-9(10)5-11(12)15/h5-7H,2-4H2,1H3,(H,17,18). The molecule has 1 heterocycles. The van der Waals surface area contributed by atoms with Crippen LogP contribution in [0.3, 0.4) is 0 Å². The van der Waals surface area contributed by atoms with E-state index in [1.165, 1.54) is 23.9 Å². The van der Waals surface area contributed by atoms with Crippen molar-refractivity contribution in [2.75, 3.05) is 5.32 Å². The van der Waals surface area contributed by atoms with E-state index in [1.54, 1.807) is 6.92 Å². The number of rotatable bonds is 2. The number of nitrogens with one attached hydrogen (secondary N) is 1. The van der Waals surface area contributed by atoms with Gasteiger partial charge >= 0.3 is 0 Å². The van der Waals surface area contributed by atoms with E-state index in [1.807, 2.05) is 6.07 Å². The van der Waals surface area contributed by atoms with Gasteiger partial charge in [0.1, 0.15) is 5.76 Å². The number of hydrogen-bond donors (Lipinski definition) is 1. The van der Waals surface area contributed by atoms with Crippen LogP contribution in [0.4, 0.5) is 5.69 Å². The second-order valence-electron chi connectivity index (χ2n) is 4.67. The summed E-state index contributed by atoms with van der Waals surface area (Å²) in [5, 5.41) is 2.87. The third-order valence-corrected chi connectivity index (χ3v) is 4.05. The van der Waals surface area contributed by atoms with Gasteiger partial charge in [-0.05, 0) is 65.4 Å². The molecule has 0 atom stereocenters. The predicted molar refractivity (Wildman–Crippen MR) is 75.4 cm³/mol. The van der Waals surface area contributed by atoms with E-state index in [4.69, 9.17) is 4.42 Å². The molecule has 0 unspecified atom stereocenters. The molecule has 0 radical (unpaired) electrons. The van der Waals surface area contributed by atoms with Crippen LogP contribution in [0.1, 0.15) is 33.8 Å². The van der Waals surface area contributed by atoms with Crippen LogP contribution in [0.5, 0.6) is 0 Å². The van der Waals surface area contributed by atoms with E-state index in [0.29, 0.717) is 11.5 Å². The second-order valence-corrected chi connectivity index (χ2v) is 5.52. The van der Waals surface area contributed by atoms with Gasteiger partial charge in [0.25, 0.3) is 5.91 Å². The van der Waals surface area contributed by atoms with Gasteiger partial charge in [-0.1, -0.05) is 0 Å². The van der Waals surface area contributed by atoms with Crippen molar-refractivity contribution >= 4 is 27.5 Å². The normalized spacial score (nSPS) is 13.4. The first-order chi connectivity index (χ1) is 9.15. The maximum absolute atomic E-state index is 12.1. The minimum Gasteiger partial charge on any atom is -0.448 e. The summed E-state index contributed by atoms with van der Waals surface area (Å²) < 4.78 is 5.95. The second kappa shape index (κ2) is 4.81. The van der Waals surface area contributed by atoms with Crippen molar-refractivity contribution in [1.29, 1.82) is 0 Å². The SMILES string of the molecule is Cc1ocnc1C(=O)Nc1cc2c(cc1Br)CCC2. The molecule has 19 heavy (non-hydrogen) atoms. The smallest absolute Gasteiger partial charge is 0.277 e. The van der Waals surface area contributed by atoms with E-state index in [0.717, 1.165) is 23.0 Å². The van der Waals surface area contributed by atoms with Gasteiger partial charge in [-0.25, -0.2) is 4.98 Å². The number of amides is 1. The highest BCUT2D eigenvalue weighted by Crippen LogP contribution is 2.32. The van der Waals surface area contributed by atoms with E-state index in [2.05, 4.69) is 32.3 Å². The van der Waals surface area contributed by atoms with Crippen LogP contribution in [0.15, 0.2) is 27.4 Å². The van der Waals surface area contributed by atoms with Crippen molar-refractivity contribution in [2.45, 2.75) is 26.2 Å². The molecule has 1 aliphatic rings. The predicted octanol–water partition coefficient (Wildman–Crippen LogP) is 3.49. The fourth-order valence-electron chi connectivity index (χ4n) is 2.39. The molecule has 98 valence electrons. The lowest BCUT2D eigenvalue weighted by Gasteiger charge is -2.09. The van der Waals surface area contributed by atoms with Gasteiger partial charge in [0, 0.05) is 4.47 Å². The molecular weight excluding hydrogens is 308 g/mol. The zero-order valence-corrected chi connectivity index (χ0v) is 12.1. The Morgan fingerprint density at radius 1 is 1.37 bits per heavy atom. The average Bonchev–Trinajstić information content (AvgIpc) is 2.98. The van der Waals surface area contributed by atoms with E-state index < -0.39 is 0 Å². The Bertz CT molecular complexity index is 649. The van der Waals surface area contributed by atoms with Gasteiger partial charge in [-0.3, -0.25) is 4.79 Å². The van der Waals surface area contributed by atoms with Crippen molar-refractivity contribution in [3.05, 3.63) is 45.6 Å². The quantitative estimate of drug-likeness (QED) is 0.921. The number of anilines is 1. The minimum absolute atomic E-state index is 0.245. The zero-order valence-electron chi connectivity index (χ0n) is 10.5. The summed E-state index contributed by atoms with van der Waals surface area (Å²) in [5.41, 5.74) is 3.79. The third-order valence-electron chi connectivity index (χ3n) is 3.39. The monoisotopic (exact) mass is 320 g/mol. The van der Waals surface area contributed by atoms with Crippen molar-refractivity contribution in [2.24, 2.45) is 0 Å². The van der Waals surface area contributed by atoms with Crippen LogP contribution < -0.4 is 5.32 Å². The molecule has 2 aromatic rings. The van der Waals surface area contributed by atoms with E-state index in [9.17, 15) is 4.79 Å². The van der Waals surface area contributed by atoms with Gasteiger partial charge in [0.05, 0.1) is 5.69 Å². The number of carbonyl (C=O) groups excluding carboxylic acids is 1. The molecule has 1 aromatic carbocycles. The van der Waals surface area contributed by atoms with Crippen molar-refractivity contribution in [3.63, 3.8) is 0 Å². The first-order valence-electron chi connectivity index (χ1n) is 6.18. The van der Waals surface area contributed by atoms with Gasteiger partial charge in [-0.15, -0.1) is 0 Å². The molecule has 1 aliphatic carbocycles. The molecule has 0 aliphatic heterocycles. The molecular formula is C14H13BrN2O2. The molecule has 0 spiro atoms. The number of nitrogens with zero attached hydrogens (tertiary/aromatic N) is 1. The largest absolute Gasteiger partial charge is 0.448 e. The van der Waals surface area contributed by atoms with Crippen molar-refractivity contribution in [3.8, 4) is 0 Å². The Morgan fingerprint density at radius 2 is 2.11 bits per heavy atom. The number of hydrogen-bond acceptors (Lipinski definition) is 3. The van der Waals surface area contributed by atoms with Crippen LogP contribution in [-0.2, 0) is 12.8 Å². The molecule has 1 N–H and O–H groups in total. The topological polar surface area (TPSA) is 55.1 Å². The third kappa shape index (κ3) is 2.30. The summed E-state index contributed by atoms with van der Waals surface area (Å²) in [5.74, 6) is 0.277. The Kier molecular flexibility index (Phi) is 3.14. The summed E-state index contributed by atoms with van der Waals surface area (Å²) in [4.78, 5) is 16.0. The Morgan fingerprint density at radius 3 is 2.79 bits per heavy atom. The fourth-order valence-corrected chi connectivity index (χ4v) is 2.88. The number of aryl methyl sites for hydroxylation is 3. The lowest BCUT2D eigenvalue weighted by molar-refractivity contribution is 0.102. The van der Waals surface area contributed by atoms with Crippen molar-refractivity contribution < 1.29 is 9.21 Å². The minimum atomic E-state index is -0.245. The van der Waals surface area contributed by atoms with Crippen molar-refractivity contribution in [1.82, 2.24) is 4.98 Å². The number of benzene rings is 1. The van der Waals surface area contributed by atoms with Gasteiger partial charge in [-0.2, -0.15) is 0 Å². The highest BCUT2D eigenvalue weighted by molar-refractivity contribution is 9.10. The molecule has 4 nitrogen and oxygen atoms in total. The first kappa shape index (κ1) is 12.4. The lowest BCUT2D eigenvalue weighted by atomic mass is 10.1. The highest BCUT2D eigenvalue weighted by atomic mass is 79.9. The van der Waals surface area contributed by atoms with Crippen LogP contribution in [0, 0.1) is 6.92 Å². The molecule has 5 heteroatoms. The van der Waals surface area contributed by atoms with Crippen LogP contribution in [0.25, 0.3) is 0 Å². The maximum atomic E-state index is 12.1. The molecule has 1 aromatic heterocycles. The molecule has 0 bridgehead atoms. The zero-order chi connectivity index (χ0) is 13.4. The van der Waals surface area contributed by atoms with E-state index >= 15 is 0 Å². The number of fused-ring (bicyclic) bond motifs is 1. The van der Waals surface area contributed by atoms with Crippen LogP contribution in [-0.4, -0.2) is 10.9 Å². The fraction of sp³-hybridized carbons (Fsp3) is 0.286. The van der Waals surface area contributed by atoms with E-state index in [-0.39, 0.29) is 5.91 Å². The number of aromatic nitrogens is 1. The molecule has 3 rings (SSSR count). The molecule has 1 amide bonds. The highest BCUT2D eigenvalue weighted by Gasteiger charge is 2.18. The lowest BCUT2D eigenvalue weighted by Crippen LogP contribution is -2.14. The maximum Gasteiger partial charge on any atom is 0.277 e. The Balaban J connectivity index is 1.88. The Labute approximate surface area is 119 Å². The van der Waals surface area contributed by atoms with Gasteiger partial charge < -0.3 is 9.73 Å². The Hall–Kier alpha value is -1.62. The summed E-state index contributed by atoms with van der Waals surface area (Å²) in [6.07, 6.45) is 4.66. The van der Waals surface area contributed by atoms with Crippen LogP contribution in [0.2, 0.25) is 0 Å². The number of halogens is 1. The van der Waals surface area contributed by atoms with Gasteiger partial charge in [0.15, 0.2) is 12.1 Å². The summed E-state index contributed by atoms with van der Waals surface area (Å²) in [7, 11) is 0. The number of carbonyl (C=O) groups is 1. The summed E-state index contributed by atoms with van der Waals surface area (Å²) in [6.45, 7) is 1.72. The summed E-state index contributed by atoms with van der Waals surface area (Å²) in [6, 6.07) is 4.13.